The number of rotatable bonds is 7. The van der Waals surface area contributed by atoms with Gasteiger partial charge in [-0.25, -0.2) is 0 Å². The van der Waals surface area contributed by atoms with Crippen molar-refractivity contribution in [3.05, 3.63) is 58.6 Å². The standard InChI is InChI=1S/C23H28ClNO4/c24-19-5-6-22-18(13-19)14-23(29-22)8-10-25(11-9-23)15-20(27)16-28-21-4-2-1-3-17(21)7-12-26/h1-6,13,20,26-27H,7-12,14-16H2/t20-/m0/s1. The van der Waals surface area contributed by atoms with Crippen molar-refractivity contribution < 1.29 is 19.7 Å². The molecular formula is C23H28ClNO4. The number of β-amino-alcohol motifs (C(OH)–C–C–N with tert-alkyl or cyclic N) is 1. The van der Waals surface area contributed by atoms with Gasteiger partial charge in [0.2, 0.25) is 0 Å². The molecule has 2 heterocycles. The number of hydrogen-bond donors (Lipinski definition) is 2. The van der Waals surface area contributed by atoms with Crippen LogP contribution in [0.15, 0.2) is 42.5 Å². The first kappa shape index (κ1) is 20.5. The first-order valence-corrected chi connectivity index (χ1v) is 10.6. The maximum atomic E-state index is 10.5. The molecule has 2 aliphatic heterocycles. The zero-order valence-electron chi connectivity index (χ0n) is 16.5. The van der Waals surface area contributed by atoms with E-state index in [9.17, 15) is 5.11 Å². The van der Waals surface area contributed by atoms with Gasteiger partial charge in [-0.3, -0.25) is 0 Å². The summed E-state index contributed by atoms with van der Waals surface area (Å²) in [4.78, 5) is 2.28. The summed E-state index contributed by atoms with van der Waals surface area (Å²) >= 11 is 6.12. The monoisotopic (exact) mass is 417 g/mol. The van der Waals surface area contributed by atoms with Crippen molar-refractivity contribution in [3.63, 3.8) is 0 Å². The average molecular weight is 418 g/mol. The maximum absolute atomic E-state index is 10.5. The van der Waals surface area contributed by atoms with Crippen LogP contribution in [0.4, 0.5) is 0 Å². The Labute approximate surface area is 176 Å². The zero-order valence-corrected chi connectivity index (χ0v) is 17.3. The van der Waals surface area contributed by atoms with Gasteiger partial charge in [-0.1, -0.05) is 29.8 Å². The van der Waals surface area contributed by atoms with E-state index in [2.05, 4.69) is 4.90 Å². The van der Waals surface area contributed by atoms with Gasteiger partial charge in [0.15, 0.2) is 0 Å². The number of hydrogen-bond acceptors (Lipinski definition) is 5. The number of nitrogens with zero attached hydrogens (tertiary/aromatic N) is 1. The van der Waals surface area contributed by atoms with Gasteiger partial charge in [-0.15, -0.1) is 0 Å². The maximum Gasteiger partial charge on any atom is 0.123 e. The average Bonchev–Trinajstić information content (AvgIpc) is 3.06. The number of fused-ring (bicyclic) bond motifs is 1. The fourth-order valence-corrected chi connectivity index (χ4v) is 4.53. The Balaban J connectivity index is 1.25. The largest absolute Gasteiger partial charge is 0.491 e. The van der Waals surface area contributed by atoms with Crippen molar-refractivity contribution in [2.75, 3.05) is 32.8 Å². The highest BCUT2D eigenvalue weighted by atomic mass is 35.5. The molecule has 0 aromatic heterocycles. The summed E-state index contributed by atoms with van der Waals surface area (Å²) in [7, 11) is 0. The highest BCUT2D eigenvalue weighted by Gasteiger charge is 2.42. The number of likely N-dealkylation sites (tertiary alicyclic amines) is 1. The minimum atomic E-state index is -0.563. The summed E-state index contributed by atoms with van der Waals surface area (Å²) in [6, 6.07) is 13.5. The Morgan fingerprint density at radius 2 is 1.97 bits per heavy atom. The quantitative estimate of drug-likeness (QED) is 0.724. The molecule has 0 saturated carbocycles. The molecule has 1 fully saturated rings. The summed E-state index contributed by atoms with van der Waals surface area (Å²) in [5.41, 5.74) is 2.02. The lowest BCUT2D eigenvalue weighted by Crippen LogP contribution is -2.49. The lowest BCUT2D eigenvalue weighted by Gasteiger charge is -2.39. The van der Waals surface area contributed by atoms with Gasteiger partial charge in [0.1, 0.15) is 29.8 Å². The van der Waals surface area contributed by atoms with E-state index < -0.39 is 6.10 Å². The molecule has 2 aromatic carbocycles. The normalized spacial score (nSPS) is 19.0. The van der Waals surface area contributed by atoms with E-state index in [1.807, 2.05) is 42.5 Å². The van der Waals surface area contributed by atoms with E-state index in [-0.39, 0.29) is 18.8 Å². The Kier molecular flexibility index (Phi) is 6.30. The van der Waals surface area contributed by atoms with E-state index in [0.29, 0.717) is 13.0 Å². The smallest absolute Gasteiger partial charge is 0.123 e. The number of ether oxygens (including phenoxy) is 2. The third-order valence-corrected chi connectivity index (χ3v) is 6.12. The zero-order chi connectivity index (χ0) is 20.3. The topological polar surface area (TPSA) is 62.2 Å². The number of aliphatic hydroxyl groups excluding tert-OH is 2. The minimum absolute atomic E-state index is 0.0800. The molecule has 0 amide bonds. The summed E-state index contributed by atoms with van der Waals surface area (Å²) in [5, 5.41) is 20.4. The van der Waals surface area contributed by atoms with Crippen LogP contribution in [-0.4, -0.2) is 59.7 Å². The SMILES string of the molecule is OCCc1ccccc1OC[C@@H](O)CN1CCC2(CC1)Cc1cc(Cl)ccc1O2. The molecule has 0 unspecified atom stereocenters. The van der Waals surface area contributed by atoms with Crippen molar-refractivity contribution in [1.29, 1.82) is 0 Å². The Hall–Kier alpha value is -1.79. The number of piperidine rings is 1. The van der Waals surface area contributed by atoms with Gasteiger partial charge in [0, 0.05) is 50.5 Å². The van der Waals surface area contributed by atoms with E-state index in [4.69, 9.17) is 26.2 Å². The van der Waals surface area contributed by atoms with Crippen LogP contribution in [0.2, 0.25) is 5.02 Å². The Bertz CT molecular complexity index is 835. The highest BCUT2D eigenvalue weighted by molar-refractivity contribution is 6.30. The first-order valence-electron chi connectivity index (χ1n) is 10.3. The van der Waals surface area contributed by atoms with E-state index in [0.717, 1.165) is 54.4 Å². The molecule has 0 bridgehead atoms. The van der Waals surface area contributed by atoms with Crippen molar-refractivity contribution in [2.24, 2.45) is 0 Å². The van der Waals surface area contributed by atoms with Crippen LogP contribution >= 0.6 is 11.6 Å². The Morgan fingerprint density at radius 1 is 1.17 bits per heavy atom. The van der Waals surface area contributed by atoms with E-state index in [1.165, 1.54) is 5.56 Å². The molecular weight excluding hydrogens is 390 g/mol. The lowest BCUT2D eigenvalue weighted by atomic mass is 9.87. The molecule has 6 heteroatoms. The fraction of sp³-hybridized carbons (Fsp3) is 0.478. The predicted molar refractivity (Wildman–Crippen MR) is 113 cm³/mol. The van der Waals surface area contributed by atoms with Crippen LogP contribution in [-0.2, 0) is 12.8 Å². The van der Waals surface area contributed by atoms with Gasteiger partial charge < -0.3 is 24.6 Å². The lowest BCUT2D eigenvalue weighted by molar-refractivity contribution is -0.00202. The molecule has 5 nitrogen and oxygen atoms in total. The minimum Gasteiger partial charge on any atom is -0.491 e. The molecule has 2 N–H and O–H groups in total. The van der Waals surface area contributed by atoms with E-state index in [1.54, 1.807) is 0 Å². The van der Waals surface area contributed by atoms with Gasteiger partial charge in [0.05, 0.1) is 0 Å². The van der Waals surface area contributed by atoms with Gasteiger partial charge >= 0.3 is 0 Å². The third kappa shape index (κ3) is 4.86. The summed E-state index contributed by atoms with van der Waals surface area (Å²) < 4.78 is 12.1. The molecule has 0 radical (unpaired) electrons. The van der Waals surface area contributed by atoms with Gasteiger partial charge in [-0.2, -0.15) is 0 Å². The fourth-order valence-electron chi connectivity index (χ4n) is 4.33. The van der Waals surface area contributed by atoms with Crippen LogP contribution in [0.3, 0.4) is 0 Å². The molecule has 0 aliphatic carbocycles. The molecule has 156 valence electrons. The number of benzene rings is 2. The molecule has 4 rings (SSSR count). The van der Waals surface area contributed by atoms with Crippen molar-refractivity contribution >= 4 is 11.6 Å². The van der Waals surface area contributed by atoms with Crippen LogP contribution in [0.1, 0.15) is 24.0 Å². The van der Waals surface area contributed by atoms with Crippen molar-refractivity contribution in [2.45, 2.75) is 37.4 Å². The van der Waals surface area contributed by atoms with Crippen LogP contribution < -0.4 is 9.47 Å². The second kappa shape index (κ2) is 8.92. The highest BCUT2D eigenvalue weighted by Crippen LogP contribution is 2.41. The third-order valence-electron chi connectivity index (χ3n) is 5.88. The van der Waals surface area contributed by atoms with Crippen LogP contribution in [0.5, 0.6) is 11.5 Å². The van der Waals surface area contributed by atoms with Crippen molar-refractivity contribution in [3.8, 4) is 11.5 Å². The number of para-hydroxylation sites is 1. The van der Waals surface area contributed by atoms with Gasteiger partial charge in [0.25, 0.3) is 0 Å². The molecule has 1 atom stereocenters. The molecule has 1 spiro atoms. The number of aliphatic hydroxyl groups is 2. The predicted octanol–water partition coefficient (Wildman–Crippen LogP) is 3.08. The van der Waals surface area contributed by atoms with E-state index >= 15 is 0 Å². The van der Waals surface area contributed by atoms with Crippen molar-refractivity contribution in [1.82, 2.24) is 4.90 Å². The summed E-state index contributed by atoms with van der Waals surface area (Å²) in [5.74, 6) is 1.69. The number of halogens is 1. The second-order valence-electron chi connectivity index (χ2n) is 8.06. The molecule has 1 saturated heterocycles. The molecule has 29 heavy (non-hydrogen) atoms. The summed E-state index contributed by atoms with van der Waals surface area (Å²) in [6.45, 7) is 2.68. The van der Waals surface area contributed by atoms with Crippen LogP contribution in [0, 0.1) is 0 Å². The van der Waals surface area contributed by atoms with Crippen LogP contribution in [0.25, 0.3) is 0 Å². The second-order valence-corrected chi connectivity index (χ2v) is 8.50. The first-order chi connectivity index (χ1) is 14.1. The molecule has 2 aromatic rings. The Morgan fingerprint density at radius 3 is 2.76 bits per heavy atom. The summed E-state index contributed by atoms with van der Waals surface area (Å²) in [6.07, 6.45) is 2.77. The van der Waals surface area contributed by atoms with Gasteiger partial charge in [-0.05, 0) is 41.8 Å². The molecule has 2 aliphatic rings.